The van der Waals surface area contributed by atoms with Crippen molar-refractivity contribution in [2.24, 2.45) is 11.3 Å². The average Bonchev–Trinajstić information content (AvgIpc) is 2.76. The lowest BCUT2D eigenvalue weighted by Gasteiger charge is -2.29. The summed E-state index contributed by atoms with van der Waals surface area (Å²) in [6.07, 6.45) is 5.51. The van der Waals surface area contributed by atoms with Gasteiger partial charge in [-0.05, 0) is 65.6 Å². The smallest absolute Gasteiger partial charge is 0.317 e. The van der Waals surface area contributed by atoms with Crippen molar-refractivity contribution in [3.63, 3.8) is 0 Å². The molecule has 0 aromatic rings. The van der Waals surface area contributed by atoms with E-state index in [1.807, 2.05) is 13.8 Å². The van der Waals surface area contributed by atoms with E-state index in [2.05, 4.69) is 17.6 Å². The number of carbonyl (C=O) groups excluding carboxylic acids is 2. The van der Waals surface area contributed by atoms with Gasteiger partial charge in [0.2, 0.25) is 11.8 Å². The molecule has 10 nitrogen and oxygen atoms in total. The number of carboxylic acid groups (broad SMARTS) is 3. The molecule has 0 aliphatic rings. The Labute approximate surface area is 224 Å². The predicted octanol–water partition coefficient (Wildman–Crippen LogP) is 3.92. The first-order valence-electron chi connectivity index (χ1n) is 13.0. The van der Waals surface area contributed by atoms with Crippen molar-refractivity contribution in [1.82, 2.24) is 10.6 Å². The summed E-state index contributed by atoms with van der Waals surface area (Å²) in [7, 11) is 0. The molecule has 0 aliphatic heterocycles. The van der Waals surface area contributed by atoms with Gasteiger partial charge in [-0.15, -0.1) is 11.8 Å². The third kappa shape index (κ3) is 15.5. The number of hydrogen-bond donors (Lipinski definition) is 5. The van der Waals surface area contributed by atoms with Crippen LogP contribution in [0.25, 0.3) is 0 Å². The van der Waals surface area contributed by atoms with E-state index in [-0.39, 0.29) is 6.42 Å². The van der Waals surface area contributed by atoms with Gasteiger partial charge >= 0.3 is 17.9 Å². The number of aliphatic carboxylic acids is 3. The first-order valence-corrected chi connectivity index (χ1v) is 14.1. The Morgan fingerprint density at radius 2 is 1.46 bits per heavy atom. The maximum atomic E-state index is 13.1. The molecule has 2 amide bonds. The number of carbonyl (C=O) groups is 5. The number of thioether (sulfide) groups is 1. The highest BCUT2D eigenvalue weighted by atomic mass is 32.2. The molecule has 0 rings (SSSR count). The van der Waals surface area contributed by atoms with E-state index in [0.29, 0.717) is 38.0 Å². The molecule has 0 bridgehead atoms. The molecule has 0 saturated heterocycles. The maximum Gasteiger partial charge on any atom is 0.317 e. The zero-order valence-corrected chi connectivity index (χ0v) is 23.7. The maximum absolute atomic E-state index is 13.1. The zero-order valence-electron chi connectivity index (χ0n) is 22.9. The molecule has 0 aliphatic carbocycles. The Balaban J connectivity index is 5.06. The molecule has 0 heterocycles. The minimum absolute atomic E-state index is 0.196. The molecule has 37 heavy (non-hydrogen) atoms. The third-order valence-corrected chi connectivity index (χ3v) is 7.49. The van der Waals surface area contributed by atoms with Crippen molar-refractivity contribution >= 4 is 41.5 Å². The molecule has 0 saturated carbocycles. The van der Waals surface area contributed by atoms with Crippen LogP contribution < -0.4 is 10.6 Å². The first kappa shape index (κ1) is 34.7. The molecule has 214 valence electrons. The first-order chi connectivity index (χ1) is 17.1. The highest BCUT2D eigenvalue weighted by Gasteiger charge is 2.31. The van der Waals surface area contributed by atoms with Gasteiger partial charge in [0, 0.05) is 12.1 Å². The van der Waals surface area contributed by atoms with Gasteiger partial charge in [-0.25, -0.2) is 0 Å². The third-order valence-electron chi connectivity index (χ3n) is 6.20. The van der Waals surface area contributed by atoms with Crippen LogP contribution in [0.5, 0.6) is 0 Å². The Morgan fingerprint density at radius 3 is 2.00 bits per heavy atom. The monoisotopic (exact) mass is 546 g/mol. The summed E-state index contributed by atoms with van der Waals surface area (Å²) in [5.41, 5.74) is -1.33. The second-order valence-electron chi connectivity index (χ2n) is 10.8. The summed E-state index contributed by atoms with van der Waals surface area (Å²) in [5, 5.41) is 32.0. The lowest BCUT2D eigenvalue weighted by atomic mass is 9.87. The van der Waals surface area contributed by atoms with E-state index < -0.39 is 58.3 Å². The van der Waals surface area contributed by atoms with Crippen LogP contribution in [0.4, 0.5) is 0 Å². The zero-order chi connectivity index (χ0) is 28.6. The van der Waals surface area contributed by atoms with Crippen LogP contribution in [0.1, 0.15) is 98.8 Å². The quantitative estimate of drug-likeness (QED) is 0.106. The molecular formula is C26H46N2O8S. The van der Waals surface area contributed by atoms with Crippen LogP contribution in [-0.2, 0) is 24.0 Å². The largest absolute Gasteiger partial charge is 0.481 e. The molecule has 2 atom stereocenters. The van der Waals surface area contributed by atoms with Gasteiger partial charge in [-0.3, -0.25) is 24.0 Å². The summed E-state index contributed by atoms with van der Waals surface area (Å²) >= 11 is 0.987. The molecular weight excluding hydrogens is 500 g/mol. The van der Waals surface area contributed by atoms with Crippen molar-refractivity contribution in [2.45, 2.75) is 110 Å². The van der Waals surface area contributed by atoms with Crippen molar-refractivity contribution in [3.05, 3.63) is 0 Å². The molecule has 0 aromatic carbocycles. The number of nitrogens with one attached hydrogen (secondary N) is 2. The van der Waals surface area contributed by atoms with Gasteiger partial charge in [0.1, 0.15) is 11.2 Å². The van der Waals surface area contributed by atoms with Crippen molar-refractivity contribution in [1.29, 1.82) is 0 Å². The molecule has 0 aromatic heterocycles. The van der Waals surface area contributed by atoms with Gasteiger partial charge in [0.25, 0.3) is 0 Å². The lowest BCUT2D eigenvalue weighted by molar-refractivity contribution is -0.147. The van der Waals surface area contributed by atoms with E-state index >= 15 is 0 Å². The summed E-state index contributed by atoms with van der Waals surface area (Å²) < 4.78 is 0. The van der Waals surface area contributed by atoms with Gasteiger partial charge in [-0.2, -0.15) is 0 Å². The average molecular weight is 547 g/mol. The fraction of sp³-hybridized carbons (Fsp3) is 0.808. The fourth-order valence-electron chi connectivity index (χ4n) is 3.70. The molecule has 0 radical (unpaired) electrons. The van der Waals surface area contributed by atoms with Gasteiger partial charge in [0.15, 0.2) is 0 Å². The van der Waals surface area contributed by atoms with Crippen molar-refractivity contribution < 1.29 is 39.3 Å². The van der Waals surface area contributed by atoms with Gasteiger partial charge in [0.05, 0.1) is 11.8 Å². The van der Waals surface area contributed by atoms with E-state index in [4.69, 9.17) is 5.11 Å². The Hall–Kier alpha value is -2.30. The fourth-order valence-corrected chi connectivity index (χ4v) is 4.73. The number of rotatable bonds is 21. The van der Waals surface area contributed by atoms with Crippen LogP contribution in [0, 0.1) is 11.3 Å². The standard InChI is InChI=1S/C26H46N2O8S/c1-6-7-8-14-26(4,5)28-22(32)18(12-11-16-37-19(23(33)34)17-20(29)30)21(31)27-15-10-9-13-25(2,3)24(35)36/h18-19H,6-17H2,1-5H3,(H,27,31)(H,28,32)(H,29,30)(H,33,34)(H,35,36). The van der Waals surface area contributed by atoms with Gasteiger partial charge < -0.3 is 26.0 Å². The predicted molar refractivity (Wildman–Crippen MR) is 143 cm³/mol. The molecule has 11 heteroatoms. The van der Waals surface area contributed by atoms with Crippen LogP contribution in [-0.4, -0.2) is 68.1 Å². The number of hydrogen-bond acceptors (Lipinski definition) is 6. The number of unbranched alkanes of at least 4 members (excludes halogenated alkanes) is 3. The summed E-state index contributed by atoms with van der Waals surface area (Å²) in [6.45, 7) is 9.54. The number of amides is 2. The second kappa shape index (κ2) is 17.3. The molecule has 5 N–H and O–H groups in total. The minimum atomic E-state index is -1.21. The van der Waals surface area contributed by atoms with Crippen LogP contribution >= 0.6 is 11.8 Å². The van der Waals surface area contributed by atoms with Crippen LogP contribution in [0.2, 0.25) is 0 Å². The van der Waals surface area contributed by atoms with Crippen LogP contribution in [0.3, 0.4) is 0 Å². The van der Waals surface area contributed by atoms with E-state index in [1.54, 1.807) is 13.8 Å². The molecule has 0 fully saturated rings. The van der Waals surface area contributed by atoms with E-state index in [9.17, 15) is 34.2 Å². The van der Waals surface area contributed by atoms with Gasteiger partial charge in [-0.1, -0.05) is 32.6 Å². The normalized spacial score (nSPS) is 13.4. The summed E-state index contributed by atoms with van der Waals surface area (Å²) in [4.78, 5) is 59.4. The Kier molecular flexibility index (Phi) is 16.2. The highest BCUT2D eigenvalue weighted by Crippen LogP contribution is 2.23. The van der Waals surface area contributed by atoms with Crippen molar-refractivity contribution in [3.8, 4) is 0 Å². The topological polar surface area (TPSA) is 170 Å². The van der Waals surface area contributed by atoms with E-state index in [1.165, 1.54) is 0 Å². The summed E-state index contributed by atoms with van der Waals surface area (Å²) in [6, 6.07) is 0. The minimum Gasteiger partial charge on any atom is -0.481 e. The highest BCUT2D eigenvalue weighted by molar-refractivity contribution is 8.00. The van der Waals surface area contributed by atoms with Crippen molar-refractivity contribution in [2.75, 3.05) is 12.3 Å². The lowest BCUT2D eigenvalue weighted by Crippen LogP contribution is -2.49. The van der Waals surface area contributed by atoms with E-state index in [0.717, 1.165) is 37.4 Å². The second-order valence-corrected chi connectivity index (χ2v) is 12.1. The van der Waals surface area contributed by atoms with Crippen LogP contribution in [0.15, 0.2) is 0 Å². The Bertz CT molecular complexity index is 770. The molecule has 2 unspecified atom stereocenters. The Morgan fingerprint density at radius 1 is 0.838 bits per heavy atom. The molecule has 0 spiro atoms. The SMILES string of the molecule is CCCCCC(C)(C)NC(=O)C(CCCSC(CC(=O)O)C(=O)O)C(=O)NCCCCC(C)(C)C(=O)O. The number of carboxylic acids is 3. The summed E-state index contributed by atoms with van der Waals surface area (Å²) in [5.74, 6) is -4.77.